The third-order valence-corrected chi connectivity index (χ3v) is 5.80. The minimum absolute atomic E-state index is 0.0260. The van der Waals surface area contributed by atoms with Crippen LogP contribution in [0.15, 0.2) is 11.1 Å². The molecule has 1 atom stereocenters. The Bertz CT molecular complexity index is 940. The standard InChI is InChI=1S/C16H20N6OS/c1-3-6-22-13(18-19-20-22)8-21-9-17-15-14(16(21)23)11-5-4-10(2)7-12(11)24-15/h9-10H,3-8H2,1-2H3. The van der Waals surface area contributed by atoms with Crippen molar-refractivity contribution in [2.24, 2.45) is 5.92 Å². The third kappa shape index (κ3) is 2.54. The largest absolute Gasteiger partial charge is 0.291 e. The fraction of sp³-hybridized carbons (Fsp3) is 0.562. The van der Waals surface area contributed by atoms with Crippen molar-refractivity contribution in [3.63, 3.8) is 0 Å². The van der Waals surface area contributed by atoms with Crippen LogP contribution >= 0.6 is 11.3 Å². The lowest BCUT2D eigenvalue weighted by Crippen LogP contribution is -2.24. The molecular formula is C16H20N6OS. The van der Waals surface area contributed by atoms with E-state index in [0.717, 1.165) is 42.4 Å². The molecule has 0 N–H and O–H groups in total. The zero-order valence-electron chi connectivity index (χ0n) is 13.9. The summed E-state index contributed by atoms with van der Waals surface area (Å²) in [7, 11) is 0. The summed E-state index contributed by atoms with van der Waals surface area (Å²) in [4.78, 5) is 19.7. The van der Waals surface area contributed by atoms with Crippen LogP contribution in [-0.2, 0) is 25.9 Å². The summed E-state index contributed by atoms with van der Waals surface area (Å²) in [6.45, 7) is 5.45. The smallest absolute Gasteiger partial charge is 0.262 e. The first kappa shape index (κ1) is 15.4. The summed E-state index contributed by atoms with van der Waals surface area (Å²) < 4.78 is 3.38. The molecule has 8 heteroatoms. The second kappa shape index (κ2) is 6.08. The molecule has 126 valence electrons. The van der Waals surface area contributed by atoms with E-state index < -0.39 is 0 Å². The Balaban J connectivity index is 1.76. The van der Waals surface area contributed by atoms with E-state index in [4.69, 9.17) is 0 Å². The van der Waals surface area contributed by atoms with Gasteiger partial charge in [-0.25, -0.2) is 9.67 Å². The van der Waals surface area contributed by atoms with Crippen LogP contribution in [-0.4, -0.2) is 29.8 Å². The molecule has 3 aromatic heterocycles. The van der Waals surface area contributed by atoms with Crippen molar-refractivity contribution >= 4 is 21.6 Å². The van der Waals surface area contributed by atoms with Gasteiger partial charge in [-0.05, 0) is 47.6 Å². The molecule has 7 nitrogen and oxygen atoms in total. The van der Waals surface area contributed by atoms with Crippen molar-refractivity contribution in [1.82, 2.24) is 29.8 Å². The second-order valence-electron chi connectivity index (χ2n) is 6.53. The number of nitrogens with zero attached hydrogens (tertiary/aromatic N) is 6. The summed E-state index contributed by atoms with van der Waals surface area (Å²) in [6.07, 6.45) is 5.75. The van der Waals surface area contributed by atoms with E-state index in [1.165, 1.54) is 10.4 Å². The van der Waals surface area contributed by atoms with Crippen LogP contribution in [0.25, 0.3) is 10.2 Å². The lowest BCUT2D eigenvalue weighted by Gasteiger charge is -2.17. The third-order valence-electron chi connectivity index (χ3n) is 4.64. The number of aryl methyl sites for hydroxylation is 2. The number of aromatic nitrogens is 6. The predicted octanol–water partition coefficient (Wildman–Crippen LogP) is 2.03. The zero-order chi connectivity index (χ0) is 16.7. The molecule has 0 fully saturated rings. The van der Waals surface area contributed by atoms with Gasteiger partial charge in [0, 0.05) is 11.4 Å². The Morgan fingerprint density at radius 2 is 2.29 bits per heavy atom. The normalized spacial score (nSPS) is 17.3. The van der Waals surface area contributed by atoms with Gasteiger partial charge in [0.25, 0.3) is 5.56 Å². The quantitative estimate of drug-likeness (QED) is 0.723. The number of fused-ring (bicyclic) bond motifs is 3. The zero-order valence-corrected chi connectivity index (χ0v) is 14.7. The van der Waals surface area contributed by atoms with Crippen LogP contribution in [0.4, 0.5) is 0 Å². The van der Waals surface area contributed by atoms with Crippen LogP contribution < -0.4 is 5.56 Å². The molecule has 0 aromatic carbocycles. The minimum atomic E-state index is 0.0260. The van der Waals surface area contributed by atoms with Crippen LogP contribution in [0.3, 0.4) is 0 Å². The molecule has 1 aliphatic carbocycles. The molecule has 0 radical (unpaired) electrons. The van der Waals surface area contributed by atoms with Gasteiger partial charge in [0.15, 0.2) is 5.82 Å². The van der Waals surface area contributed by atoms with E-state index in [2.05, 4.69) is 34.4 Å². The van der Waals surface area contributed by atoms with Crippen molar-refractivity contribution in [2.45, 2.75) is 52.6 Å². The highest BCUT2D eigenvalue weighted by Gasteiger charge is 2.23. The Morgan fingerprint density at radius 1 is 1.42 bits per heavy atom. The highest BCUT2D eigenvalue weighted by atomic mass is 32.1. The van der Waals surface area contributed by atoms with Crippen LogP contribution in [0.1, 0.15) is 43.0 Å². The summed E-state index contributed by atoms with van der Waals surface area (Å²) in [5.41, 5.74) is 1.24. The van der Waals surface area contributed by atoms with Gasteiger partial charge in [-0.2, -0.15) is 0 Å². The lowest BCUT2D eigenvalue weighted by atomic mass is 9.89. The maximum Gasteiger partial charge on any atom is 0.262 e. The maximum atomic E-state index is 13.0. The average Bonchev–Trinajstić information content (AvgIpc) is 3.14. The van der Waals surface area contributed by atoms with E-state index in [1.54, 1.807) is 26.9 Å². The molecule has 1 aliphatic rings. The first-order chi connectivity index (χ1) is 11.7. The Labute approximate surface area is 143 Å². The average molecular weight is 344 g/mol. The minimum Gasteiger partial charge on any atom is -0.291 e. The number of thiophene rings is 1. The van der Waals surface area contributed by atoms with E-state index in [1.807, 2.05) is 0 Å². The molecule has 0 saturated carbocycles. The van der Waals surface area contributed by atoms with Gasteiger partial charge in [0.1, 0.15) is 4.83 Å². The molecule has 24 heavy (non-hydrogen) atoms. The molecule has 3 heterocycles. The van der Waals surface area contributed by atoms with Crippen molar-refractivity contribution in [1.29, 1.82) is 0 Å². The second-order valence-corrected chi connectivity index (χ2v) is 7.61. The number of rotatable bonds is 4. The van der Waals surface area contributed by atoms with Crippen LogP contribution in [0.5, 0.6) is 0 Å². The van der Waals surface area contributed by atoms with Crippen LogP contribution in [0.2, 0.25) is 0 Å². The van der Waals surface area contributed by atoms with Crippen molar-refractivity contribution in [3.05, 3.63) is 32.9 Å². The molecule has 0 spiro atoms. The van der Waals surface area contributed by atoms with E-state index in [9.17, 15) is 4.79 Å². The predicted molar refractivity (Wildman–Crippen MR) is 92.3 cm³/mol. The van der Waals surface area contributed by atoms with E-state index in [0.29, 0.717) is 18.3 Å². The van der Waals surface area contributed by atoms with Crippen molar-refractivity contribution in [2.75, 3.05) is 0 Å². The highest BCUT2D eigenvalue weighted by molar-refractivity contribution is 7.18. The fourth-order valence-electron chi connectivity index (χ4n) is 3.35. The Morgan fingerprint density at radius 3 is 3.12 bits per heavy atom. The molecular weight excluding hydrogens is 324 g/mol. The molecule has 3 aromatic rings. The first-order valence-electron chi connectivity index (χ1n) is 8.42. The molecule has 4 rings (SSSR count). The van der Waals surface area contributed by atoms with Crippen LogP contribution in [0, 0.1) is 5.92 Å². The molecule has 1 unspecified atom stereocenters. The summed E-state index contributed by atoms with van der Waals surface area (Å²) in [6, 6.07) is 0. The van der Waals surface area contributed by atoms with Gasteiger partial charge in [-0.1, -0.05) is 13.8 Å². The molecule has 0 bridgehead atoms. The van der Waals surface area contributed by atoms with Gasteiger partial charge < -0.3 is 0 Å². The summed E-state index contributed by atoms with van der Waals surface area (Å²) in [5, 5.41) is 12.6. The topological polar surface area (TPSA) is 78.5 Å². The molecule has 0 amide bonds. The Kier molecular flexibility index (Phi) is 3.91. The van der Waals surface area contributed by atoms with E-state index in [-0.39, 0.29) is 5.56 Å². The van der Waals surface area contributed by atoms with Crippen molar-refractivity contribution in [3.8, 4) is 0 Å². The molecule has 0 saturated heterocycles. The fourth-order valence-corrected chi connectivity index (χ4v) is 4.69. The van der Waals surface area contributed by atoms with Crippen molar-refractivity contribution < 1.29 is 0 Å². The maximum absolute atomic E-state index is 13.0. The Hall–Kier alpha value is -2.09. The lowest BCUT2D eigenvalue weighted by molar-refractivity contribution is 0.509. The highest BCUT2D eigenvalue weighted by Crippen LogP contribution is 2.35. The van der Waals surface area contributed by atoms with Gasteiger partial charge in [0.05, 0.1) is 18.3 Å². The van der Waals surface area contributed by atoms with Gasteiger partial charge in [-0.15, -0.1) is 16.4 Å². The van der Waals surface area contributed by atoms with Gasteiger partial charge in [0.2, 0.25) is 0 Å². The molecule has 0 aliphatic heterocycles. The monoisotopic (exact) mass is 344 g/mol. The summed E-state index contributed by atoms with van der Waals surface area (Å²) in [5.74, 6) is 1.38. The van der Waals surface area contributed by atoms with Gasteiger partial charge >= 0.3 is 0 Å². The first-order valence-corrected chi connectivity index (χ1v) is 9.23. The number of tetrazole rings is 1. The summed E-state index contributed by atoms with van der Waals surface area (Å²) >= 11 is 1.68. The van der Waals surface area contributed by atoms with Gasteiger partial charge in [-0.3, -0.25) is 9.36 Å². The number of hydrogen-bond donors (Lipinski definition) is 0. The van der Waals surface area contributed by atoms with E-state index >= 15 is 0 Å². The SMILES string of the molecule is CCCn1nnnc1Cn1cnc2sc3c(c2c1=O)CCC(C)C3. The number of hydrogen-bond acceptors (Lipinski definition) is 6.